The van der Waals surface area contributed by atoms with Crippen molar-refractivity contribution in [2.24, 2.45) is 0 Å². The molecule has 2 aliphatic rings. The molecule has 140 valence electrons. The zero-order valence-electron chi connectivity index (χ0n) is 15.3. The number of hydrogen-bond donors (Lipinski definition) is 0. The minimum atomic E-state index is 0.265. The Bertz CT molecular complexity index is 552. The van der Waals surface area contributed by atoms with Crippen LogP contribution in [0.1, 0.15) is 29.9 Å². The van der Waals surface area contributed by atoms with Crippen molar-refractivity contribution in [3.8, 4) is 0 Å². The minimum Gasteiger partial charge on any atom is -0.379 e. The molecule has 2 saturated heterocycles. The number of ether oxygens (including phenoxy) is 1. The van der Waals surface area contributed by atoms with Gasteiger partial charge in [-0.1, -0.05) is 5.16 Å². The molecule has 3 heterocycles. The molecule has 0 saturated carbocycles. The lowest BCUT2D eigenvalue weighted by molar-refractivity contribution is -0.133. The number of aryl methyl sites for hydroxylation is 2. The number of amides is 1. The van der Waals surface area contributed by atoms with Gasteiger partial charge in [0, 0.05) is 43.9 Å². The van der Waals surface area contributed by atoms with Crippen LogP contribution in [0.25, 0.3) is 0 Å². The van der Waals surface area contributed by atoms with Crippen LogP contribution in [-0.2, 0) is 16.0 Å². The highest BCUT2D eigenvalue weighted by molar-refractivity contribution is 7.99. The van der Waals surface area contributed by atoms with E-state index in [-0.39, 0.29) is 5.91 Å². The second kappa shape index (κ2) is 9.05. The molecule has 0 N–H and O–H groups in total. The number of hydrogen-bond acceptors (Lipinski definition) is 6. The minimum absolute atomic E-state index is 0.265. The molecule has 7 heteroatoms. The number of rotatable bonds is 5. The topological polar surface area (TPSA) is 58.8 Å². The third kappa shape index (κ3) is 4.99. The van der Waals surface area contributed by atoms with Gasteiger partial charge in [-0.25, -0.2) is 0 Å². The largest absolute Gasteiger partial charge is 0.379 e. The van der Waals surface area contributed by atoms with Crippen LogP contribution in [0, 0.1) is 13.8 Å². The summed E-state index contributed by atoms with van der Waals surface area (Å²) in [7, 11) is 0. The Kier molecular flexibility index (Phi) is 6.78. The Labute approximate surface area is 154 Å². The van der Waals surface area contributed by atoms with Gasteiger partial charge >= 0.3 is 0 Å². The predicted octanol–water partition coefficient (Wildman–Crippen LogP) is 1.89. The number of thioether (sulfide) groups is 1. The Morgan fingerprint density at radius 2 is 2.08 bits per heavy atom. The van der Waals surface area contributed by atoms with Crippen LogP contribution in [0.2, 0.25) is 0 Å². The zero-order valence-corrected chi connectivity index (χ0v) is 16.1. The first-order chi connectivity index (χ1) is 12.1. The number of morpholine rings is 1. The zero-order chi connectivity index (χ0) is 17.6. The average molecular weight is 368 g/mol. The van der Waals surface area contributed by atoms with Gasteiger partial charge in [-0.3, -0.25) is 9.69 Å². The van der Waals surface area contributed by atoms with Gasteiger partial charge < -0.3 is 14.2 Å². The molecule has 1 aromatic rings. The van der Waals surface area contributed by atoms with Gasteiger partial charge in [0.05, 0.1) is 24.9 Å². The van der Waals surface area contributed by atoms with Crippen LogP contribution in [0.4, 0.5) is 0 Å². The van der Waals surface area contributed by atoms with E-state index in [9.17, 15) is 4.79 Å². The molecule has 2 aliphatic heterocycles. The molecule has 2 fully saturated rings. The fourth-order valence-electron chi connectivity index (χ4n) is 3.62. The maximum absolute atomic E-state index is 12.9. The van der Waals surface area contributed by atoms with Crippen molar-refractivity contribution in [1.82, 2.24) is 15.0 Å². The summed E-state index contributed by atoms with van der Waals surface area (Å²) < 4.78 is 10.7. The molecule has 0 aromatic carbocycles. The van der Waals surface area contributed by atoms with Gasteiger partial charge in [0.1, 0.15) is 5.76 Å². The third-order valence-electron chi connectivity index (χ3n) is 5.10. The summed E-state index contributed by atoms with van der Waals surface area (Å²) >= 11 is 1.98. The van der Waals surface area contributed by atoms with Crippen molar-refractivity contribution < 1.29 is 14.1 Å². The van der Waals surface area contributed by atoms with E-state index >= 15 is 0 Å². The van der Waals surface area contributed by atoms with Gasteiger partial charge in [0.15, 0.2) is 0 Å². The molecule has 1 amide bonds. The second-order valence-electron chi connectivity index (χ2n) is 6.89. The lowest BCUT2D eigenvalue weighted by atomic mass is 10.1. The van der Waals surface area contributed by atoms with E-state index in [0.717, 1.165) is 74.3 Å². The number of carbonyl (C=O) groups is 1. The highest BCUT2D eigenvalue weighted by Gasteiger charge is 2.28. The monoisotopic (exact) mass is 367 g/mol. The standard InChI is InChI=1S/C18H29N3O3S/c1-14-17(15(2)24-19-14)4-5-18(22)21-6-3-11-25-13-16(21)12-20-7-9-23-10-8-20/h16H,3-13H2,1-2H3/t16-/m0/s1. The maximum atomic E-state index is 12.9. The van der Waals surface area contributed by atoms with Crippen LogP contribution < -0.4 is 0 Å². The first-order valence-electron chi connectivity index (χ1n) is 9.24. The number of nitrogens with zero attached hydrogens (tertiary/aromatic N) is 3. The number of aromatic nitrogens is 1. The lowest BCUT2D eigenvalue weighted by Crippen LogP contribution is -2.50. The van der Waals surface area contributed by atoms with Crippen molar-refractivity contribution in [2.75, 3.05) is 50.9 Å². The molecule has 1 atom stereocenters. The molecule has 3 rings (SSSR count). The smallest absolute Gasteiger partial charge is 0.223 e. The Balaban J connectivity index is 1.60. The first-order valence-corrected chi connectivity index (χ1v) is 10.4. The van der Waals surface area contributed by atoms with Crippen molar-refractivity contribution in [1.29, 1.82) is 0 Å². The van der Waals surface area contributed by atoms with E-state index in [1.54, 1.807) is 0 Å². The fraction of sp³-hybridized carbons (Fsp3) is 0.778. The molecule has 25 heavy (non-hydrogen) atoms. The second-order valence-corrected chi connectivity index (χ2v) is 8.03. The molecule has 0 radical (unpaired) electrons. The SMILES string of the molecule is Cc1noc(C)c1CCC(=O)N1CCCSC[C@@H]1CN1CCOCC1. The molecule has 0 spiro atoms. The average Bonchev–Trinajstić information content (AvgIpc) is 2.81. The summed E-state index contributed by atoms with van der Waals surface area (Å²) in [5.74, 6) is 3.28. The van der Waals surface area contributed by atoms with Gasteiger partial charge in [-0.15, -0.1) is 0 Å². The van der Waals surface area contributed by atoms with Crippen LogP contribution >= 0.6 is 11.8 Å². The predicted molar refractivity (Wildman–Crippen MR) is 99.0 cm³/mol. The Morgan fingerprint density at radius 1 is 1.28 bits per heavy atom. The lowest BCUT2D eigenvalue weighted by Gasteiger charge is -2.35. The summed E-state index contributed by atoms with van der Waals surface area (Å²) in [6, 6.07) is 0.308. The fourth-order valence-corrected chi connectivity index (χ4v) is 4.68. The van der Waals surface area contributed by atoms with Gasteiger partial charge in [-0.05, 0) is 32.4 Å². The van der Waals surface area contributed by atoms with Crippen molar-refractivity contribution in [3.05, 3.63) is 17.0 Å². The van der Waals surface area contributed by atoms with Gasteiger partial charge in [-0.2, -0.15) is 11.8 Å². The third-order valence-corrected chi connectivity index (χ3v) is 6.30. The molecular weight excluding hydrogens is 338 g/mol. The van der Waals surface area contributed by atoms with E-state index < -0.39 is 0 Å². The maximum Gasteiger partial charge on any atom is 0.223 e. The Hall–Kier alpha value is -1.05. The van der Waals surface area contributed by atoms with Crippen molar-refractivity contribution in [3.63, 3.8) is 0 Å². The summed E-state index contributed by atoms with van der Waals surface area (Å²) in [6.07, 6.45) is 2.34. The van der Waals surface area contributed by atoms with E-state index in [4.69, 9.17) is 9.26 Å². The number of carbonyl (C=O) groups excluding carboxylic acids is 1. The summed E-state index contributed by atoms with van der Waals surface area (Å²) in [6.45, 7) is 9.27. The molecule has 6 nitrogen and oxygen atoms in total. The summed E-state index contributed by atoms with van der Waals surface area (Å²) in [5.41, 5.74) is 1.99. The van der Waals surface area contributed by atoms with E-state index in [1.807, 2.05) is 25.6 Å². The van der Waals surface area contributed by atoms with E-state index in [0.29, 0.717) is 18.9 Å². The highest BCUT2D eigenvalue weighted by atomic mass is 32.2. The quantitative estimate of drug-likeness (QED) is 0.792. The van der Waals surface area contributed by atoms with Gasteiger partial charge in [0.25, 0.3) is 0 Å². The van der Waals surface area contributed by atoms with E-state index in [1.165, 1.54) is 0 Å². The molecule has 1 aromatic heterocycles. The molecular formula is C18H29N3O3S. The van der Waals surface area contributed by atoms with Crippen LogP contribution in [0.15, 0.2) is 4.52 Å². The Morgan fingerprint density at radius 3 is 2.80 bits per heavy atom. The molecule has 0 unspecified atom stereocenters. The van der Waals surface area contributed by atoms with E-state index in [2.05, 4.69) is 15.0 Å². The summed E-state index contributed by atoms with van der Waals surface area (Å²) in [5, 5.41) is 3.99. The van der Waals surface area contributed by atoms with Crippen molar-refractivity contribution >= 4 is 17.7 Å². The first kappa shape index (κ1) is 18.7. The van der Waals surface area contributed by atoms with Crippen LogP contribution in [0.5, 0.6) is 0 Å². The molecule has 0 bridgehead atoms. The van der Waals surface area contributed by atoms with Gasteiger partial charge in [0.2, 0.25) is 5.91 Å². The van der Waals surface area contributed by atoms with Crippen molar-refractivity contribution in [2.45, 2.75) is 39.2 Å². The summed E-state index contributed by atoms with van der Waals surface area (Å²) in [4.78, 5) is 17.5. The highest BCUT2D eigenvalue weighted by Crippen LogP contribution is 2.20. The normalized spacial score (nSPS) is 22.8. The molecule has 0 aliphatic carbocycles. The van der Waals surface area contributed by atoms with Crippen LogP contribution in [0.3, 0.4) is 0 Å². The van der Waals surface area contributed by atoms with Crippen LogP contribution in [-0.4, -0.2) is 77.8 Å².